The Morgan fingerprint density at radius 2 is 2.09 bits per heavy atom. The number of aromatic nitrogens is 1. The highest BCUT2D eigenvalue weighted by Gasteiger charge is 2.23. The number of carbonyl (C=O) groups excluding carboxylic acids is 1. The van der Waals surface area contributed by atoms with E-state index in [9.17, 15) is 9.90 Å². The molecule has 1 aromatic carbocycles. The summed E-state index contributed by atoms with van der Waals surface area (Å²) in [4.78, 5) is 16.6. The number of para-hydroxylation sites is 1. The van der Waals surface area contributed by atoms with Gasteiger partial charge in [-0.3, -0.25) is 0 Å². The molecule has 2 unspecified atom stereocenters. The number of carbonyl (C=O) groups is 1. The first-order valence-electron chi connectivity index (χ1n) is 7.53. The number of aliphatic hydroxyl groups is 1. The fourth-order valence-electron chi connectivity index (χ4n) is 2.08. The Kier molecular flexibility index (Phi) is 5.56. The summed E-state index contributed by atoms with van der Waals surface area (Å²) in [6.45, 7) is 5.43. The molecule has 0 fully saturated rings. The van der Waals surface area contributed by atoms with Gasteiger partial charge in [-0.15, -0.1) is 11.3 Å². The van der Waals surface area contributed by atoms with Crippen LogP contribution >= 0.6 is 11.3 Å². The predicted octanol–water partition coefficient (Wildman–Crippen LogP) is 2.92. The summed E-state index contributed by atoms with van der Waals surface area (Å²) in [5.41, 5.74) is 5.73. The van der Waals surface area contributed by atoms with E-state index in [2.05, 4.69) is 10.3 Å². The third kappa shape index (κ3) is 5.46. The number of amides is 1. The minimum atomic E-state index is -0.924. The minimum absolute atomic E-state index is 0.347. The summed E-state index contributed by atoms with van der Waals surface area (Å²) in [6.07, 6.45) is -0.590. The molecule has 1 heterocycles. The van der Waals surface area contributed by atoms with Gasteiger partial charge in [-0.05, 0) is 45.7 Å². The monoisotopic (exact) mass is 337 g/mol. The maximum absolute atomic E-state index is 12.1. The fourth-order valence-corrected chi connectivity index (χ4v) is 3.14. The van der Waals surface area contributed by atoms with Crippen LogP contribution in [0.1, 0.15) is 44.7 Å². The second-order valence-electron chi connectivity index (χ2n) is 6.36. The van der Waals surface area contributed by atoms with Gasteiger partial charge in [0.15, 0.2) is 0 Å². The van der Waals surface area contributed by atoms with E-state index in [1.54, 1.807) is 0 Å². The lowest BCUT2D eigenvalue weighted by atomic mass is 10.1. The van der Waals surface area contributed by atoms with E-state index in [1.165, 1.54) is 11.3 Å². The summed E-state index contributed by atoms with van der Waals surface area (Å²) < 4.78 is 6.35. The van der Waals surface area contributed by atoms with Crippen LogP contribution in [0.15, 0.2) is 24.3 Å². The zero-order chi connectivity index (χ0) is 17.0. The number of rotatable bonds is 5. The number of ether oxygens (including phenoxy) is 1. The van der Waals surface area contributed by atoms with Gasteiger partial charge >= 0.3 is 6.09 Å². The number of nitrogens with one attached hydrogen (secondary N) is 1. The molecule has 1 aromatic heterocycles. The van der Waals surface area contributed by atoms with E-state index in [4.69, 9.17) is 10.5 Å². The number of aliphatic hydroxyl groups excluding tert-OH is 1. The van der Waals surface area contributed by atoms with Crippen molar-refractivity contribution in [3.8, 4) is 0 Å². The van der Waals surface area contributed by atoms with E-state index >= 15 is 0 Å². The largest absolute Gasteiger partial charge is 0.444 e. The van der Waals surface area contributed by atoms with Gasteiger partial charge in [0.05, 0.1) is 16.3 Å². The normalized spacial score (nSPS) is 14.5. The molecule has 7 heteroatoms. The van der Waals surface area contributed by atoms with Gasteiger partial charge in [0.1, 0.15) is 16.8 Å². The molecule has 0 saturated heterocycles. The first kappa shape index (κ1) is 17.7. The van der Waals surface area contributed by atoms with Crippen molar-refractivity contribution in [1.82, 2.24) is 10.3 Å². The number of thiazole rings is 1. The first-order chi connectivity index (χ1) is 10.7. The maximum atomic E-state index is 12.1. The zero-order valence-corrected chi connectivity index (χ0v) is 14.4. The lowest BCUT2D eigenvalue weighted by molar-refractivity contribution is 0.0494. The maximum Gasteiger partial charge on any atom is 0.408 e. The first-order valence-corrected chi connectivity index (χ1v) is 8.35. The van der Waals surface area contributed by atoms with Crippen LogP contribution < -0.4 is 11.1 Å². The van der Waals surface area contributed by atoms with Gasteiger partial charge in [-0.1, -0.05) is 12.1 Å². The van der Waals surface area contributed by atoms with Gasteiger partial charge < -0.3 is 20.9 Å². The number of benzene rings is 1. The molecule has 0 bridgehead atoms. The Labute approximate surface area is 139 Å². The number of nitrogens with zero attached hydrogens (tertiary/aromatic N) is 1. The van der Waals surface area contributed by atoms with Crippen LogP contribution in [0.2, 0.25) is 0 Å². The minimum Gasteiger partial charge on any atom is -0.444 e. The van der Waals surface area contributed by atoms with Crippen LogP contribution in [0.25, 0.3) is 10.2 Å². The number of hydrogen-bond donors (Lipinski definition) is 3. The van der Waals surface area contributed by atoms with Crippen molar-refractivity contribution in [1.29, 1.82) is 0 Å². The van der Waals surface area contributed by atoms with Crippen molar-refractivity contribution in [2.24, 2.45) is 5.73 Å². The van der Waals surface area contributed by atoms with Crippen LogP contribution in [0.4, 0.5) is 4.79 Å². The van der Waals surface area contributed by atoms with E-state index < -0.39 is 17.9 Å². The van der Waals surface area contributed by atoms with E-state index in [-0.39, 0.29) is 6.04 Å². The third-order valence-electron chi connectivity index (χ3n) is 3.05. The molecule has 0 aliphatic rings. The van der Waals surface area contributed by atoms with Crippen molar-refractivity contribution in [2.75, 3.05) is 0 Å². The molecule has 0 aliphatic heterocycles. The van der Waals surface area contributed by atoms with Crippen molar-refractivity contribution in [2.45, 2.75) is 51.5 Å². The molecule has 0 aliphatic carbocycles. The Hall–Kier alpha value is -1.70. The summed E-state index contributed by atoms with van der Waals surface area (Å²) in [7, 11) is 0. The SMILES string of the molecule is CC(C)(C)OC(=O)NC(CCC(N)O)c1nc2ccccc2s1. The molecular formula is C16H23N3O3S. The Bertz CT molecular complexity index is 631. The lowest BCUT2D eigenvalue weighted by Gasteiger charge is -2.23. The topological polar surface area (TPSA) is 97.5 Å². The van der Waals surface area contributed by atoms with Gasteiger partial charge in [-0.2, -0.15) is 0 Å². The van der Waals surface area contributed by atoms with Crippen molar-refractivity contribution in [3.05, 3.63) is 29.3 Å². The van der Waals surface area contributed by atoms with Crippen molar-refractivity contribution < 1.29 is 14.6 Å². The summed E-state index contributed by atoms with van der Waals surface area (Å²) in [5, 5.41) is 12.9. The molecule has 23 heavy (non-hydrogen) atoms. The molecule has 126 valence electrons. The molecular weight excluding hydrogens is 314 g/mol. The number of nitrogens with two attached hydrogens (primary N) is 1. The zero-order valence-electron chi connectivity index (χ0n) is 13.6. The van der Waals surface area contributed by atoms with Crippen LogP contribution in [0.3, 0.4) is 0 Å². The van der Waals surface area contributed by atoms with Gasteiger partial charge in [0.2, 0.25) is 0 Å². The van der Waals surface area contributed by atoms with Crippen molar-refractivity contribution >= 4 is 27.6 Å². The summed E-state index contributed by atoms with van der Waals surface area (Å²) in [6, 6.07) is 7.44. The molecule has 0 radical (unpaired) electrons. The van der Waals surface area contributed by atoms with Crippen LogP contribution in [0, 0.1) is 0 Å². The summed E-state index contributed by atoms with van der Waals surface area (Å²) >= 11 is 1.51. The standard InChI is InChI=1S/C16H23N3O3S/c1-16(2,3)22-15(21)19-11(8-9-13(17)20)14-18-10-6-4-5-7-12(10)23-14/h4-7,11,13,20H,8-9,17H2,1-3H3,(H,19,21). The van der Waals surface area contributed by atoms with Crippen LogP contribution in [0.5, 0.6) is 0 Å². The lowest BCUT2D eigenvalue weighted by Crippen LogP contribution is -2.35. The highest BCUT2D eigenvalue weighted by Crippen LogP contribution is 2.29. The predicted molar refractivity (Wildman–Crippen MR) is 91.2 cm³/mol. The molecule has 4 N–H and O–H groups in total. The quantitative estimate of drug-likeness (QED) is 0.729. The molecule has 6 nitrogen and oxygen atoms in total. The van der Waals surface area contributed by atoms with Crippen LogP contribution in [-0.2, 0) is 4.74 Å². The second kappa shape index (κ2) is 7.25. The smallest absolute Gasteiger partial charge is 0.408 e. The number of alkyl carbamates (subject to hydrolysis) is 1. The van der Waals surface area contributed by atoms with E-state index in [0.29, 0.717) is 12.8 Å². The molecule has 2 aromatic rings. The third-order valence-corrected chi connectivity index (χ3v) is 4.20. The second-order valence-corrected chi connectivity index (χ2v) is 7.43. The van der Waals surface area contributed by atoms with Crippen molar-refractivity contribution in [3.63, 3.8) is 0 Å². The summed E-state index contributed by atoms with van der Waals surface area (Å²) in [5.74, 6) is 0. The molecule has 0 saturated carbocycles. The highest BCUT2D eigenvalue weighted by atomic mass is 32.1. The molecule has 1 amide bonds. The van der Waals surface area contributed by atoms with Gasteiger partial charge in [0.25, 0.3) is 0 Å². The number of hydrogen-bond acceptors (Lipinski definition) is 6. The molecule has 2 atom stereocenters. The van der Waals surface area contributed by atoms with E-state index in [1.807, 2.05) is 45.0 Å². The molecule has 2 rings (SSSR count). The van der Waals surface area contributed by atoms with Gasteiger partial charge in [0, 0.05) is 0 Å². The number of fused-ring (bicyclic) bond motifs is 1. The highest BCUT2D eigenvalue weighted by molar-refractivity contribution is 7.18. The Morgan fingerprint density at radius 3 is 2.70 bits per heavy atom. The van der Waals surface area contributed by atoms with Gasteiger partial charge in [-0.25, -0.2) is 9.78 Å². The van der Waals surface area contributed by atoms with E-state index in [0.717, 1.165) is 15.2 Å². The molecule has 0 spiro atoms. The van der Waals surface area contributed by atoms with Crippen LogP contribution in [-0.4, -0.2) is 28.0 Å². The Morgan fingerprint density at radius 1 is 1.39 bits per heavy atom. The average Bonchev–Trinajstić information content (AvgIpc) is 2.84. The fraction of sp³-hybridized carbons (Fsp3) is 0.500. The average molecular weight is 337 g/mol. The Balaban J connectivity index is 2.17.